The van der Waals surface area contributed by atoms with Crippen molar-refractivity contribution >= 4 is 51.8 Å². The zero-order valence-corrected chi connectivity index (χ0v) is 15.5. The van der Waals surface area contributed by atoms with E-state index in [0.717, 1.165) is 16.5 Å². The lowest BCUT2D eigenvalue weighted by atomic mass is 10.1. The molecule has 1 aromatic heterocycles. The topological polar surface area (TPSA) is 71.1 Å². The van der Waals surface area contributed by atoms with Crippen molar-refractivity contribution in [1.29, 1.82) is 0 Å². The zero-order valence-electron chi connectivity index (χ0n) is 14.7. The molecule has 6 heteroatoms. The largest absolute Gasteiger partial charge is 0.326 e. The number of carbonyl (C=O) groups excluding carboxylic acids is 2. The van der Waals surface area contributed by atoms with Gasteiger partial charge in [-0.15, -0.1) is 0 Å². The highest BCUT2D eigenvalue weighted by atomic mass is 35.5. The minimum absolute atomic E-state index is 0.113. The lowest BCUT2D eigenvalue weighted by molar-refractivity contribution is -0.116. The van der Waals surface area contributed by atoms with Crippen molar-refractivity contribution in [2.45, 2.75) is 13.3 Å². The van der Waals surface area contributed by atoms with E-state index in [9.17, 15) is 9.59 Å². The first-order valence-corrected chi connectivity index (χ1v) is 8.87. The molecule has 3 aromatic rings. The molecule has 1 heterocycles. The van der Waals surface area contributed by atoms with E-state index in [1.54, 1.807) is 37.4 Å². The highest BCUT2D eigenvalue weighted by molar-refractivity contribution is 6.34. The average Bonchev–Trinajstić information content (AvgIpc) is 2.68. The van der Waals surface area contributed by atoms with Gasteiger partial charge in [-0.25, -0.2) is 0 Å². The second kappa shape index (κ2) is 8.47. The molecule has 0 unspecified atom stereocenters. The molecule has 0 saturated heterocycles. The number of halogens is 1. The minimum Gasteiger partial charge on any atom is -0.326 e. The summed E-state index contributed by atoms with van der Waals surface area (Å²) in [7, 11) is 0. The molecule has 0 atom stereocenters. The highest BCUT2D eigenvalue weighted by Crippen LogP contribution is 2.26. The smallest absolute Gasteiger partial charge is 0.248 e. The Kier molecular flexibility index (Phi) is 5.84. The normalized spacial score (nSPS) is 10.9. The SMILES string of the molecule is CCC(=O)Nc1ccc(Cl)c(NC(=O)C=Cc2cccc3cccnc23)c1. The van der Waals surface area contributed by atoms with Gasteiger partial charge in [-0.1, -0.05) is 42.8 Å². The monoisotopic (exact) mass is 379 g/mol. The van der Waals surface area contributed by atoms with Gasteiger partial charge in [-0.05, 0) is 30.3 Å². The van der Waals surface area contributed by atoms with E-state index in [-0.39, 0.29) is 11.8 Å². The fraction of sp³-hybridized carbons (Fsp3) is 0.0952. The van der Waals surface area contributed by atoms with Crippen molar-refractivity contribution in [2.75, 3.05) is 10.6 Å². The third kappa shape index (κ3) is 4.71. The van der Waals surface area contributed by atoms with E-state index >= 15 is 0 Å². The fourth-order valence-corrected chi connectivity index (χ4v) is 2.72. The molecule has 0 fully saturated rings. The Hall–Kier alpha value is -3.18. The summed E-state index contributed by atoms with van der Waals surface area (Å²) in [4.78, 5) is 28.2. The van der Waals surface area contributed by atoms with Gasteiger partial charge in [0, 0.05) is 35.3 Å². The summed E-state index contributed by atoms with van der Waals surface area (Å²) < 4.78 is 0. The first-order chi connectivity index (χ1) is 13.1. The molecule has 0 radical (unpaired) electrons. The third-order valence-electron chi connectivity index (χ3n) is 3.91. The summed E-state index contributed by atoms with van der Waals surface area (Å²) in [5.74, 6) is -0.443. The van der Waals surface area contributed by atoms with Gasteiger partial charge in [0.1, 0.15) is 0 Å². The van der Waals surface area contributed by atoms with Crippen LogP contribution in [-0.4, -0.2) is 16.8 Å². The zero-order chi connectivity index (χ0) is 19.2. The standard InChI is InChI=1S/C21H18ClN3O2/c1-2-19(26)24-16-9-10-17(22)18(13-16)25-20(27)11-8-15-6-3-5-14-7-4-12-23-21(14)15/h3-13H,2H2,1H3,(H,24,26)(H,25,27). The Morgan fingerprint density at radius 1 is 1.11 bits per heavy atom. The Bertz CT molecular complexity index is 1030. The van der Waals surface area contributed by atoms with Crippen molar-refractivity contribution in [3.05, 3.63) is 71.4 Å². The van der Waals surface area contributed by atoms with Crippen LogP contribution in [0.4, 0.5) is 11.4 Å². The number of fused-ring (bicyclic) bond motifs is 1. The van der Waals surface area contributed by atoms with Gasteiger partial charge in [0.25, 0.3) is 0 Å². The lowest BCUT2D eigenvalue weighted by Crippen LogP contribution is -2.11. The van der Waals surface area contributed by atoms with Gasteiger partial charge < -0.3 is 10.6 Å². The van der Waals surface area contributed by atoms with Crippen LogP contribution in [0.3, 0.4) is 0 Å². The van der Waals surface area contributed by atoms with Crippen LogP contribution in [0.15, 0.2) is 60.8 Å². The summed E-state index contributed by atoms with van der Waals surface area (Å²) in [5.41, 5.74) is 2.67. The molecule has 0 spiro atoms. The molecule has 0 aliphatic heterocycles. The van der Waals surface area contributed by atoms with Gasteiger partial charge in [0.15, 0.2) is 0 Å². The molecule has 0 bridgehead atoms. The van der Waals surface area contributed by atoms with E-state index in [4.69, 9.17) is 11.6 Å². The van der Waals surface area contributed by atoms with Crippen LogP contribution in [-0.2, 0) is 9.59 Å². The maximum atomic E-state index is 12.3. The molecule has 0 aliphatic rings. The summed E-state index contributed by atoms with van der Waals surface area (Å²) >= 11 is 6.14. The molecule has 0 aliphatic carbocycles. The second-order valence-corrected chi connectivity index (χ2v) is 6.25. The van der Waals surface area contributed by atoms with Gasteiger partial charge in [0.2, 0.25) is 11.8 Å². The van der Waals surface area contributed by atoms with Crippen LogP contribution in [0.5, 0.6) is 0 Å². The quantitative estimate of drug-likeness (QED) is 0.620. The Morgan fingerprint density at radius 3 is 2.74 bits per heavy atom. The van der Waals surface area contributed by atoms with Gasteiger partial charge in [0.05, 0.1) is 16.2 Å². The third-order valence-corrected chi connectivity index (χ3v) is 4.24. The molecule has 5 nitrogen and oxygen atoms in total. The number of amides is 2. The molecule has 2 aromatic carbocycles. The van der Waals surface area contributed by atoms with Crippen LogP contribution < -0.4 is 10.6 Å². The van der Waals surface area contributed by atoms with Crippen molar-refractivity contribution in [2.24, 2.45) is 0 Å². The maximum Gasteiger partial charge on any atom is 0.248 e. The Labute approximate surface area is 162 Å². The first kappa shape index (κ1) is 18.6. The van der Waals surface area contributed by atoms with E-state index in [1.807, 2.05) is 30.3 Å². The number of hydrogen-bond donors (Lipinski definition) is 2. The van der Waals surface area contributed by atoms with E-state index < -0.39 is 0 Å². The number of carbonyl (C=O) groups is 2. The van der Waals surface area contributed by atoms with Crippen molar-refractivity contribution < 1.29 is 9.59 Å². The van der Waals surface area contributed by atoms with Crippen molar-refractivity contribution in [3.63, 3.8) is 0 Å². The molecule has 2 amide bonds. The number of hydrogen-bond acceptors (Lipinski definition) is 3. The minimum atomic E-state index is -0.330. The predicted octanol–water partition coefficient (Wildman–Crippen LogP) is 4.89. The van der Waals surface area contributed by atoms with Crippen LogP contribution in [0.2, 0.25) is 5.02 Å². The van der Waals surface area contributed by atoms with Crippen LogP contribution in [0.25, 0.3) is 17.0 Å². The molecular weight excluding hydrogens is 362 g/mol. The molecule has 2 N–H and O–H groups in total. The Morgan fingerprint density at radius 2 is 1.93 bits per heavy atom. The van der Waals surface area contributed by atoms with Crippen molar-refractivity contribution in [1.82, 2.24) is 4.98 Å². The van der Waals surface area contributed by atoms with Gasteiger partial charge in [-0.2, -0.15) is 0 Å². The molecule has 27 heavy (non-hydrogen) atoms. The molecular formula is C21H18ClN3O2. The number of nitrogens with one attached hydrogen (secondary N) is 2. The molecule has 3 rings (SSSR count). The summed E-state index contributed by atoms with van der Waals surface area (Å²) in [6, 6.07) is 14.6. The second-order valence-electron chi connectivity index (χ2n) is 5.84. The summed E-state index contributed by atoms with van der Waals surface area (Å²) in [5, 5.41) is 6.86. The lowest BCUT2D eigenvalue weighted by Gasteiger charge is -2.09. The number of benzene rings is 2. The van der Waals surface area contributed by atoms with E-state index in [1.165, 1.54) is 6.08 Å². The maximum absolute atomic E-state index is 12.3. The number of pyridine rings is 1. The number of rotatable bonds is 5. The number of aromatic nitrogens is 1. The van der Waals surface area contributed by atoms with E-state index in [2.05, 4.69) is 15.6 Å². The first-order valence-electron chi connectivity index (χ1n) is 8.49. The van der Waals surface area contributed by atoms with Crippen LogP contribution in [0, 0.1) is 0 Å². The summed E-state index contributed by atoms with van der Waals surface area (Å²) in [6.07, 6.45) is 5.22. The van der Waals surface area contributed by atoms with Gasteiger partial charge >= 0.3 is 0 Å². The molecule has 136 valence electrons. The number of anilines is 2. The number of nitrogens with zero attached hydrogens (tertiary/aromatic N) is 1. The van der Waals surface area contributed by atoms with E-state index in [0.29, 0.717) is 22.8 Å². The van der Waals surface area contributed by atoms with Crippen molar-refractivity contribution in [3.8, 4) is 0 Å². The fourth-order valence-electron chi connectivity index (χ4n) is 2.55. The number of para-hydroxylation sites is 1. The Balaban J connectivity index is 1.76. The van der Waals surface area contributed by atoms with Crippen LogP contribution >= 0.6 is 11.6 Å². The highest BCUT2D eigenvalue weighted by Gasteiger charge is 2.07. The average molecular weight is 380 g/mol. The predicted molar refractivity (Wildman–Crippen MR) is 110 cm³/mol. The van der Waals surface area contributed by atoms with Crippen LogP contribution in [0.1, 0.15) is 18.9 Å². The summed E-state index contributed by atoms with van der Waals surface area (Å²) in [6.45, 7) is 1.76. The van der Waals surface area contributed by atoms with Gasteiger partial charge in [-0.3, -0.25) is 14.6 Å². The molecule has 0 saturated carbocycles.